The lowest BCUT2D eigenvalue weighted by atomic mass is 9.91. The van der Waals surface area contributed by atoms with Crippen molar-refractivity contribution in [3.8, 4) is 0 Å². The van der Waals surface area contributed by atoms with E-state index in [2.05, 4.69) is 25.8 Å². The molecule has 2 aliphatic heterocycles. The highest BCUT2D eigenvalue weighted by atomic mass is 16.6. The molecule has 2 fully saturated rings. The molecule has 24 heavy (non-hydrogen) atoms. The summed E-state index contributed by atoms with van der Waals surface area (Å²) in [6.07, 6.45) is 2.00. The topological polar surface area (TPSA) is 62.3 Å². The van der Waals surface area contributed by atoms with Crippen molar-refractivity contribution in [2.75, 3.05) is 13.7 Å². The minimum atomic E-state index is -0.615. The second-order valence-corrected chi connectivity index (χ2v) is 7.06. The Labute approximate surface area is 143 Å². The maximum absolute atomic E-state index is 12.6. The summed E-state index contributed by atoms with van der Waals surface area (Å²) in [4.78, 5) is 14.9. The van der Waals surface area contributed by atoms with Crippen molar-refractivity contribution in [2.45, 2.75) is 63.0 Å². The Morgan fingerprint density at radius 3 is 2.58 bits per heavy atom. The molecule has 2 heterocycles. The van der Waals surface area contributed by atoms with E-state index in [9.17, 15) is 9.90 Å². The van der Waals surface area contributed by atoms with Gasteiger partial charge in [-0.3, -0.25) is 9.69 Å². The fourth-order valence-corrected chi connectivity index (χ4v) is 3.72. The quantitative estimate of drug-likeness (QED) is 0.659. The highest BCUT2D eigenvalue weighted by molar-refractivity contribution is 5.78. The second-order valence-electron chi connectivity index (χ2n) is 7.06. The molecule has 0 saturated carbocycles. The molecule has 0 spiro atoms. The predicted octanol–water partition coefficient (Wildman–Crippen LogP) is 1.94. The Morgan fingerprint density at radius 2 is 2.00 bits per heavy atom. The molecule has 6 unspecified atom stereocenters. The molecule has 5 heteroatoms. The number of carbonyl (C=O) groups is 1. The van der Waals surface area contributed by atoms with E-state index in [0.29, 0.717) is 6.04 Å². The first-order chi connectivity index (χ1) is 11.5. The number of benzene rings is 1. The van der Waals surface area contributed by atoms with Crippen LogP contribution in [0.5, 0.6) is 0 Å². The standard InChI is InChI=1S/C19H27NO4/c1-12-9-15(10-17(20(12)3)18-13(2)23-18)24-19(22)16(11-21)14-7-5-4-6-8-14/h4-8,12-13,15-18,21H,9-11H2,1-3H3. The highest BCUT2D eigenvalue weighted by Crippen LogP contribution is 2.36. The third-order valence-electron chi connectivity index (χ3n) is 5.42. The molecule has 0 aliphatic carbocycles. The average Bonchev–Trinajstić information content (AvgIpc) is 3.29. The van der Waals surface area contributed by atoms with Crippen molar-refractivity contribution in [3.05, 3.63) is 35.9 Å². The van der Waals surface area contributed by atoms with E-state index < -0.39 is 5.92 Å². The first-order valence-electron chi connectivity index (χ1n) is 8.75. The van der Waals surface area contributed by atoms with Gasteiger partial charge in [-0.2, -0.15) is 0 Å². The summed E-state index contributed by atoms with van der Waals surface area (Å²) in [5.41, 5.74) is 0.793. The van der Waals surface area contributed by atoms with Gasteiger partial charge >= 0.3 is 5.97 Å². The SMILES string of the molecule is CC1OC1C1CC(OC(=O)C(CO)c2ccccc2)CC(C)N1C. The van der Waals surface area contributed by atoms with Crippen LogP contribution >= 0.6 is 0 Å². The van der Waals surface area contributed by atoms with Gasteiger partial charge in [0.15, 0.2) is 0 Å². The number of likely N-dealkylation sites (tertiary alicyclic amines) is 1. The molecule has 1 aromatic carbocycles. The second kappa shape index (κ2) is 7.21. The van der Waals surface area contributed by atoms with Crippen LogP contribution in [0.1, 0.15) is 38.2 Å². The summed E-state index contributed by atoms with van der Waals surface area (Å²) in [5, 5.41) is 9.63. The molecule has 1 aromatic rings. The number of aliphatic hydroxyl groups is 1. The molecular formula is C19H27NO4. The molecule has 3 rings (SSSR count). The minimum absolute atomic E-state index is 0.122. The number of likely N-dealkylation sites (N-methyl/N-ethyl adjacent to an activating group) is 1. The fraction of sp³-hybridized carbons (Fsp3) is 0.632. The summed E-state index contributed by atoms with van der Waals surface area (Å²) in [6, 6.07) is 9.94. The van der Waals surface area contributed by atoms with Gasteiger partial charge in [0.05, 0.1) is 18.8 Å². The highest BCUT2D eigenvalue weighted by Gasteiger charge is 2.47. The number of hydrogen-bond donors (Lipinski definition) is 1. The Morgan fingerprint density at radius 1 is 1.33 bits per heavy atom. The van der Waals surface area contributed by atoms with Crippen molar-refractivity contribution in [1.29, 1.82) is 0 Å². The van der Waals surface area contributed by atoms with Crippen LogP contribution in [-0.2, 0) is 14.3 Å². The van der Waals surface area contributed by atoms with Gasteiger partial charge in [-0.05, 0) is 32.9 Å². The molecule has 0 radical (unpaired) electrons. The van der Waals surface area contributed by atoms with Crippen LogP contribution in [0.25, 0.3) is 0 Å². The smallest absolute Gasteiger partial charge is 0.316 e. The Bertz CT molecular complexity index is 564. The van der Waals surface area contributed by atoms with Crippen LogP contribution in [-0.4, -0.2) is 60.0 Å². The number of rotatable bonds is 5. The molecule has 2 saturated heterocycles. The number of aliphatic hydroxyl groups excluding tert-OH is 1. The molecule has 0 aromatic heterocycles. The van der Waals surface area contributed by atoms with Gasteiger partial charge in [0, 0.05) is 18.5 Å². The molecule has 6 atom stereocenters. The van der Waals surface area contributed by atoms with Gasteiger partial charge in [0.1, 0.15) is 12.0 Å². The molecule has 2 aliphatic rings. The number of epoxide rings is 1. The Kier molecular flexibility index (Phi) is 5.23. The number of ether oxygens (including phenoxy) is 2. The van der Waals surface area contributed by atoms with Crippen LogP contribution in [0.2, 0.25) is 0 Å². The lowest BCUT2D eigenvalue weighted by Gasteiger charge is -2.41. The number of piperidine rings is 1. The van der Waals surface area contributed by atoms with E-state index in [1.54, 1.807) is 0 Å². The molecule has 132 valence electrons. The van der Waals surface area contributed by atoms with Crippen molar-refractivity contribution in [1.82, 2.24) is 4.90 Å². The first kappa shape index (κ1) is 17.4. The zero-order valence-electron chi connectivity index (χ0n) is 14.6. The van der Waals surface area contributed by atoms with Crippen LogP contribution in [0.15, 0.2) is 30.3 Å². The third-order valence-corrected chi connectivity index (χ3v) is 5.42. The maximum atomic E-state index is 12.6. The van der Waals surface area contributed by atoms with Gasteiger partial charge < -0.3 is 14.6 Å². The van der Waals surface area contributed by atoms with Crippen LogP contribution < -0.4 is 0 Å². The Hall–Kier alpha value is -1.43. The Balaban J connectivity index is 1.65. The predicted molar refractivity (Wildman–Crippen MR) is 90.7 cm³/mol. The third kappa shape index (κ3) is 3.63. The average molecular weight is 333 g/mol. The maximum Gasteiger partial charge on any atom is 0.316 e. The minimum Gasteiger partial charge on any atom is -0.462 e. The van der Waals surface area contributed by atoms with Gasteiger partial charge in [-0.25, -0.2) is 0 Å². The lowest BCUT2D eigenvalue weighted by Crippen LogP contribution is -2.51. The largest absolute Gasteiger partial charge is 0.462 e. The molecule has 0 bridgehead atoms. The summed E-state index contributed by atoms with van der Waals surface area (Å²) >= 11 is 0. The van der Waals surface area contributed by atoms with E-state index >= 15 is 0 Å². The van der Waals surface area contributed by atoms with Gasteiger partial charge in [0.2, 0.25) is 0 Å². The van der Waals surface area contributed by atoms with Crippen molar-refractivity contribution in [3.63, 3.8) is 0 Å². The van der Waals surface area contributed by atoms with Gasteiger partial charge in [-0.15, -0.1) is 0 Å². The van der Waals surface area contributed by atoms with Gasteiger partial charge in [0.25, 0.3) is 0 Å². The molecule has 1 N–H and O–H groups in total. The van der Waals surface area contributed by atoms with Crippen molar-refractivity contribution < 1.29 is 19.4 Å². The number of carbonyl (C=O) groups excluding carboxylic acids is 1. The number of esters is 1. The summed E-state index contributed by atoms with van der Waals surface area (Å²) in [6.45, 7) is 3.99. The van der Waals surface area contributed by atoms with Crippen LogP contribution in [0.4, 0.5) is 0 Å². The summed E-state index contributed by atoms with van der Waals surface area (Å²) < 4.78 is 11.4. The van der Waals surface area contributed by atoms with E-state index in [4.69, 9.17) is 9.47 Å². The summed E-state index contributed by atoms with van der Waals surface area (Å²) in [7, 11) is 2.11. The molecular weight excluding hydrogens is 306 g/mol. The van der Waals surface area contributed by atoms with Gasteiger partial charge in [-0.1, -0.05) is 30.3 Å². The monoisotopic (exact) mass is 333 g/mol. The van der Waals surface area contributed by atoms with E-state index in [-0.39, 0.29) is 36.9 Å². The van der Waals surface area contributed by atoms with Crippen LogP contribution in [0, 0.1) is 0 Å². The fourth-order valence-electron chi connectivity index (χ4n) is 3.72. The van der Waals surface area contributed by atoms with E-state index in [1.165, 1.54) is 0 Å². The first-order valence-corrected chi connectivity index (χ1v) is 8.75. The zero-order valence-corrected chi connectivity index (χ0v) is 14.6. The number of hydrogen-bond acceptors (Lipinski definition) is 5. The van der Waals surface area contributed by atoms with Crippen molar-refractivity contribution in [2.24, 2.45) is 0 Å². The lowest BCUT2D eigenvalue weighted by molar-refractivity contribution is -0.156. The van der Waals surface area contributed by atoms with E-state index in [0.717, 1.165) is 18.4 Å². The van der Waals surface area contributed by atoms with Crippen molar-refractivity contribution >= 4 is 5.97 Å². The molecule has 0 amide bonds. The van der Waals surface area contributed by atoms with E-state index in [1.807, 2.05) is 30.3 Å². The molecule has 5 nitrogen and oxygen atoms in total. The zero-order chi connectivity index (χ0) is 17.3. The normalized spacial score (nSPS) is 34.6. The number of nitrogens with zero attached hydrogens (tertiary/aromatic N) is 1. The van der Waals surface area contributed by atoms with Crippen LogP contribution in [0.3, 0.4) is 0 Å². The summed E-state index contributed by atoms with van der Waals surface area (Å²) in [5.74, 6) is -0.954.